The zero-order chi connectivity index (χ0) is 16.7. The Hall–Kier alpha value is -3.41. The molecule has 3 aromatic heterocycles. The number of nitrogens with one attached hydrogen (secondary N) is 2. The van der Waals surface area contributed by atoms with Gasteiger partial charge in [0, 0.05) is 36.6 Å². The average molecular weight is 323 g/mol. The summed E-state index contributed by atoms with van der Waals surface area (Å²) in [6.45, 7) is 0.978. The number of fused-ring (bicyclic) bond motifs is 1. The first-order valence-electron chi connectivity index (χ1n) is 7.46. The molecule has 1 unspecified atom stereocenters. The second-order valence-corrected chi connectivity index (χ2v) is 5.68. The Labute approximate surface area is 135 Å². The van der Waals surface area contributed by atoms with Crippen LogP contribution in [-0.2, 0) is 0 Å². The van der Waals surface area contributed by atoms with Gasteiger partial charge < -0.3 is 9.88 Å². The fourth-order valence-electron chi connectivity index (χ4n) is 2.93. The first-order valence-corrected chi connectivity index (χ1v) is 7.46. The molecule has 1 aliphatic rings. The third kappa shape index (κ3) is 2.25. The molecule has 9 nitrogen and oxygen atoms in total. The second kappa shape index (κ2) is 5.34. The van der Waals surface area contributed by atoms with Gasteiger partial charge in [0.15, 0.2) is 5.65 Å². The third-order valence-corrected chi connectivity index (χ3v) is 4.15. The largest absolute Gasteiger partial charge is 0.344 e. The molecule has 1 atom stereocenters. The Balaban J connectivity index is 1.66. The van der Waals surface area contributed by atoms with Crippen LogP contribution in [0.1, 0.15) is 6.42 Å². The lowest BCUT2D eigenvalue weighted by Crippen LogP contribution is -2.32. The summed E-state index contributed by atoms with van der Waals surface area (Å²) in [6, 6.07) is 3.68. The minimum atomic E-state index is -0.340. The molecular weight excluding hydrogens is 310 g/mol. The number of aromatic nitrogens is 5. The number of nitriles is 1. The Morgan fingerprint density at radius 2 is 2.29 bits per heavy atom. The van der Waals surface area contributed by atoms with Crippen molar-refractivity contribution in [2.45, 2.75) is 6.42 Å². The van der Waals surface area contributed by atoms with E-state index < -0.39 is 0 Å². The second-order valence-electron chi connectivity index (χ2n) is 5.68. The van der Waals surface area contributed by atoms with E-state index in [1.54, 1.807) is 29.6 Å². The van der Waals surface area contributed by atoms with Crippen molar-refractivity contribution in [1.29, 1.82) is 5.26 Å². The summed E-state index contributed by atoms with van der Waals surface area (Å²) >= 11 is 0. The van der Waals surface area contributed by atoms with Crippen LogP contribution in [0.5, 0.6) is 0 Å². The number of imidazole rings is 1. The van der Waals surface area contributed by atoms with Gasteiger partial charge in [0.2, 0.25) is 0 Å². The molecule has 1 fully saturated rings. The lowest BCUT2D eigenvalue weighted by molar-refractivity contribution is 0.206. The molecule has 3 aromatic rings. The van der Waals surface area contributed by atoms with Gasteiger partial charge in [0.05, 0.1) is 23.7 Å². The molecule has 9 heteroatoms. The van der Waals surface area contributed by atoms with E-state index in [1.807, 2.05) is 0 Å². The SMILES string of the molecule is N#CC1CCN(C(=O)n2cc(-c3ccnc4[nH]c(=O)[nH]c34)cn2)C1. The first kappa shape index (κ1) is 14.2. The summed E-state index contributed by atoms with van der Waals surface area (Å²) in [7, 11) is 0. The van der Waals surface area contributed by atoms with Crippen molar-refractivity contribution in [3.8, 4) is 17.2 Å². The van der Waals surface area contributed by atoms with Crippen LogP contribution in [0.4, 0.5) is 4.79 Å². The minimum Gasteiger partial charge on any atom is -0.322 e. The molecule has 0 aliphatic carbocycles. The van der Waals surface area contributed by atoms with Crippen LogP contribution in [0.3, 0.4) is 0 Å². The predicted molar refractivity (Wildman–Crippen MR) is 84.0 cm³/mol. The van der Waals surface area contributed by atoms with E-state index >= 15 is 0 Å². The molecule has 4 heterocycles. The van der Waals surface area contributed by atoms with Gasteiger partial charge in [-0.25, -0.2) is 14.6 Å². The number of carbonyl (C=O) groups is 1. The molecule has 0 radical (unpaired) electrons. The van der Waals surface area contributed by atoms with E-state index in [0.717, 1.165) is 5.56 Å². The van der Waals surface area contributed by atoms with Gasteiger partial charge in [0.1, 0.15) is 0 Å². The van der Waals surface area contributed by atoms with E-state index in [9.17, 15) is 9.59 Å². The van der Waals surface area contributed by atoms with Gasteiger partial charge in [-0.1, -0.05) is 0 Å². The van der Waals surface area contributed by atoms with Crippen LogP contribution in [-0.4, -0.2) is 48.8 Å². The number of nitrogens with zero attached hydrogens (tertiary/aromatic N) is 5. The van der Waals surface area contributed by atoms with Crippen LogP contribution < -0.4 is 5.69 Å². The fraction of sp³-hybridized carbons (Fsp3) is 0.267. The van der Waals surface area contributed by atoms with E-state index in [-0.39, 0.29) is 17.6 Å². The number of amides is 1. The topological polar surface area (TPSA) is 123 Å². The molecule has 120 valence electrons. The molecule has 0 saturated carbocycles. The highest BCUT2D eigenvalue weighted by atomic mass is 16.2. The van der Waals surface area contributed by atoms with E-state index in [0.29, 0.717) is 36.2 Å². The number of H-pyrrole nitrogens is 2. The minimum absolute atomic E-state index is 0.117. The number of pyridine rings is 1. The van der Waals surface area contributed by atoms with Gasteiger partial charge in [-0.2, -0.15) is 15.0 Å². The predicted octanol–water partition coefficient (Wildman–Crippen LogP) is 0.928. The summed E-state index contributed by atoms with van der Waals surface area (Å²) in [5.41, 5.74) is 2.11. The zero-order valence-electron chi connectivity index (χ0n) is 12.6. The molecule has 1 amide bonds. The monoisotopic (exact) mass is 323 g/mol. The number of likely N-dealkylation sites (tertiary alicyclic amines) is 1. The van der Waals surface area contributed by atoms with E-state index in [2.05, 4.69) is 26.1 Å². The molecule has 2 N–H and O–H groups in total. The van der Waals surface area contributed by atoms with Crippen molar-refractivity contribution in [2.24, 2.45) is 5.92 Å². The standard InChI is InChI=1S/C15H13N7O2/c16-5-9-2-4-21(7-9)15(24)22-8-10(6-18-22)11-1-3-17-13-12(11)19-14(23)20-13/h1,3,6,8-9H,2,4,7H2,(H2,17,19,20,23). The van der Waals surface area contributed by atoms with Crippen LogP contribution in [0.2, 0.25) is 0 Å². The highest BCUT2D eigenvalue weighted by Crippen LogP contribution is 2.24. The molecule has 24 heavy (non-hydrogen) atoms. The molecule has 1 saturated heterocycles. The van der Waals surface area contributed by atoms with Crippen molar-refractivity contribution in [3.05, 3.63) is 35.1 Å². The summed E-state index contributed by atoms with van der Waals surface area (Å²) in [5.74, 6) is -0.117. The van der Waals surface area contributed by atoms with Gasteiger partial charge in [0.25, 0.3) is 0 Å². The molecule has 4 rings (SSSR count). The fourth-order valence-corrected chi connectivity index (χ4v) is 2.93. The zero-order valence-corrected chi connectivity index (χ0v) is 12.6. The third-order valence-electron chi connectivity index (χ3n) is 4.15. The van der Waals surface area contributed by atoms with Crippen molar-refractivity contribution in [1.82, 2.24) is 29.6 Å². The van der Waals surface area contributed by atoms with Crippen molar-refractivity contribution < 1.29 is 4.79 Å². The Morgan fingerprint density at radius 1 is 1.42 bits per heavy atom. The normalized spacial score (nSPS) is 17.3. The number of carbonyl (C=O) groups excluding carboxylic acids is 1. The highest BCUT2D eigenvalue weighted by Gasteiger charge is 2.27. The van der Waals surface area contributed by atoms with Crippen molar-refractivity contribution in [3.63, 3.8) is 0 Å². The number of rotatable bonds is 1. The van der Waals surface area contributed by atoms with Crippen molar-refractivity contribution >= 4 is 17.2 Å². The Bertz CT molecular complexity index is 1020. The summed E-state index contributed by atoms with van der Waals surface area (Å²) in [6.07, 6.45) is 5.45. The number of hydrogen-bond donors (Lipinski definition) is 2. The van der Waals surface area contributed by atoms with Crippen LogP contribution >= 0.6 is 0 Å². The van der Waals surface area contributed by atoms with Gasteiger partial charge in [-0.05, 0) is 12.5 Å². The van der Waals surface area contributed by atoms with Crippen molar-refractivity contribution in [2.75, 3.05) is 13.1 Å². The lowest BCUT2D eigenvalue weighted by Gasteiger charge is -2.14. The van der Waals surface area contributed by atoms with Gasteiger partial charge in [-0.15, -0.1) is 0 Å². The van der Waals surface area contributed by atoms with E-state index in [4.69, 9.17) is 5.26 Å². The number of hydrogen-bond acceptors (Lipinski definition) is 5. The quantitative estimate of drug-likeness (QED) is 0.689. The summed E-state index contributed by atoms with van der Waals surface area (Å²) < 4.78 is 1.26. The maximum absolute atomic E-state index is 12.5. The van der Waals surface area contributed by atoms with Crippen LogP contribution in [0.25, 0.3) is 22.3 Å². The molecular formula is C15H13N7O2. The first-order chi connectivity index (χ1) is 11.7. The molecule has 1 aliphatic heterocycles. The van der Waals surface area contributed by atoms with E-state index in [1.165, 1.54) is 4.68 Å². The lowest BCUT2D eigenvalue weighted by atomic mass is 10.1. The average Bonchev–Trinajstić information content (AvgIpc) is 3.31. The van der Waals surface area contributed by atoms with Gasteiger partial charge >= 0.3 is 11.7 Å². The van der Waals surface area contributed by atoms with Gasteiger partial charge in [-0.3, -0.25) is 4.98 Å². The Morgan fingerprint density at radius 3 is 3.08 bits per heavy atom. The van der Waals surface area contributed by atoms with Crippen LogP contribution in [0.15, 0.2) is 29.5 Å². The maximum Gasteiger partial charge on any atom is 0.344 e. The van der Waals surface area contributed by atoms with Crippen LogP contribution in [0, 0.1) is 17.2 Å². The Kier molecular flexibility index (Phi) is 3.16. The maximum atomic E-state index is 12.5. The summed E-state index contributed by atoms with van der Waals surface area (Å²) in [5, 5.41) is 13.1. The smallest absolute Gasteiger partial charge is 0.322 e. The number of aromatic amines is 2. The molecule has 0 spiro atoms. The molecule has 0 bridgehead atoms. The molecule has 0 aromatic carbocycles. The summed E-state index contributed by atoms with van der Waals surface area (Å²) in [4.78, 5) is 34.9. The highest BCUT2D eigenvalue weighted by molar-refractivity contribution is 5.89.